The van der Waals surface area contributed by atoms with Crippen molar-refractivity contribution < 1.29 is 9.15 Å². The molecule has 0 aliphatic carbocycles. The van der Waals surface area contributed by atoms with Gasteiger partial charge in [0, 0.05) is 30.2 Å². The van der Waals surface area contributed by atoms with Gasteiger partial charge in [-0.15, -0.1) is 0 Å². The molecule has 1 aliphatic heterocycles. The topological polar surface area (TPSA) is 38.5 Å². The lowest BCUT2D eigenvalue weighted by atomic mass is 10.1. The minimum absolute atomic E-state index is 0.677. The van der Waals surface area contributed by atoms with E-state index in [-0.39, 0.29) is 0 Å². The van der Waals surface area contributed by atoms with E-state index in [1.165, 1.54) is 11.1 Å². The number of nitrogens with zero attached hydrogens (tertiary/aromatic N) is 2. The van der Waals surface area contributed by atoms with Crippen molar-refractivity contribution in [2.45, 2.75) is 13.0 Å². The van der Waals surface area contributed by atoms with Gasteiger partial charge in [-0.2, -0.15) is 0 Å². The lowest BCUT2D eigenvalue weighted by Crippen LogP contribution is -2.28. The Hall–Kier alpha value is -2.30. The number of hydrogen-bond donors (Lipinski definition) is 0. The quantitative estimate of drug-likeness (QED) is 0.676. The molecule has 0 unspecified atom stereocenters. The van der Waals surface area contributed by atoms with Crippen LogP contribution in [0.1, 0.15) is 17.9 Å². The van der Waals surface area contributed by atoms with E-state index in [1.54, 1.807) is 7.11 Å². The Bertz CT molecular complexity index is 915. The minimum atomic E-state index is 0.677. The molecule has 0 atom stereocenters. The van der Waals surface area contributed by atoms with Crippen molar-refractivity contribution in [2.75, 3.05) is 20.2 Å². The number of fused-ring (bicyclic) bond motifs is 1. The predicted octanol–water partition coefficient (Wildman–Crippen LogP) is 4.78. The highest BCUT2D eigenvalue weighted by Gasteiger charge is 2.17. The van der Waals surface area contributed by atoms with Crippen molar-refractivity contribution in [2.24, 2.45) is 0 Å². The number of rotatable bonds is 4. The molecule has 0 saturated carbocycles. The summed E-state index contributed by atoms with van der Waals surface area (Å²) in [6.07, 6.45) is 3.13. The Morgan fingerprint density at radius 1 is 1.20 bits per heavy atom. The van der Waals surface area contributed by atoms with Gasteiger partial charge in [0.2, 0.25) is 5.89 Å². The molecule has 1 aromatic heterocycles. The Kier molecular flexibility index (Phi) is 4.47. The first-order valence-electron chi connectivity index (χ1n) is 8.32. The monoisotopic (exact) mass is 354 g/mol. The standard InChI is InChI=1S/C20H19ClN2O2/c1-24-17-5-2-14(3-6-17)13-23-10-8-15(9-11-23)20-22-18-12-16(21)4-7-19(18)25-20/h2-8,12H,9-11,13H2,1H3. The summed E-state index contributed by atoms with van der Waals surface area (Å²) >= 11 is 6.02. The average Bonchev–Trinajstić information content (AvgIpc) is 3.06. The van der Waals surface area contributed by atoms with Gasteiger partial charge in [-0.25, -0.2) is 4.98 Å². The van der Waals surface area contributed by atoms with Gasteiger partial charge in [-0.3, -0.25) is 4.90 Å². The van der Waals surface area contributed by atoms with Crippen molar-refractivity contribution in [1.82, 2.24) is 9.88 Å². The van der Waals surface area contributed by atoms with Crippen LogP contribution < -0.4 is 4.74 Å². The fraction of sp³-hybridized carbons (Fsp3) is 0.250. The maximum atomic E-state index is 6.02. The lowest BCUT2D eigenvalue weighted by molar-refractivity contribution is 0.292. The van der Waals surface area contributed by atoms with Crippen LogP contribution >= 0.6 is 11.6 Å². The summed E-state index contributed by atoms with van der Waals surface area (Å²) < 4.78 is 11.1. The van der Waals surface area contributed by atoms with Crippen LogP contribution in [0.25, 0.3) is 16.7 Å². The molecular weight excluding hydrogens is 336 g/mol. The first kappa shape index (κ1) is 16.2. The summed E-state index contributed by atoms with van der Waals surface area (Å²) in [5, 5.41) is 0.677. The van der Waals surface area contributed by atoms with Crippen LogP contribution in [0.15, 0.2) is 53.0 Å². The summed E-state index contributed by atoms with van der Waals surface area (Å²) in [7, 11) is 1.69. The van der Waals surface area contributed by atoms with Crippen LogP contribution in [0.3, 0.4) is 0 Å². The van der Waals surface area contributed by atoms with E-state index in [1.807, 2.05) is 30.3 Å². The fourth-order valence-corrected chi connectivity index (χ4v) is 3.24. The van der Waals surface area contributed by atoms with E-state index in [2.05, 4.69) is 28.1 Å². The Labute approximate surface area is 151 Å². The SMILES string of the molecule is COc1ccc(CN2CC=C(c3nc4cc(Cl)ccc4o3)CC2)cc1. The molecule has 0 fully saturated rings. The third-order valence-corrected chi connectivity index (χ3v) is 4.72. The molecule has 0 bridgehead atoms. The van der Waals surface area contributed by atoms with Crippen molar-refractivity contribution in [3.8, 4) is 5.75 Å². The number of methoxy groups -OCH3 is 1. The van der Waals surface area contributed by atoms with Crippen LogP contribution in [0.2, 0.25) is 5.02 Å². The van der Waals surface area contributed by atoms with Crippen LogP contribution in [0.5, 0.6) is 5.75 Å². The maximum absolute atomic E-state index is 6.02. The van der Waals surface area contributed by atoms with E-state index in [4.69, 9.17) is 20.8 Å². The first-order valence-corrected chi connectivity index (χ1v) is 8.70. The van der Waals surface area contributed by atoms with Crippen molar-refractivity contribution in [3.63, 3.8) is 0 Å². The molecule has 128 valence electrons. The molecule has 0 radical (unpaired) electrons. The van der Waals surface area contributed by atoms with E-state index in [0.29, 0.717) is 10.9 Å². The number of hydrogen-bond acceptors (Lipinski definition) is 4. The smallest absolute Gasteiger partial charge is 0.222 e. The molecule has 4 rings (SSSR count). The Morgan fingerprint density at radius 2 is 2.04 bits per heavy atom. The summed E-state index contributed by atoms with van der Waals surface area (Å²) in [5.74, 6) is 1.60. The van der Waals surface area contributed by atoms with Gasteiger partial charge < -0.3 is 9.15 Å². The zero-order chi connectivity index (χ0) is 17.2. The van der Waals surface area contributed by atoms with Gasteiger partial charge in [0.05, 0.1) is 7.11 Å². The summed E-state index contributed by atoms with van der Waals surface area (Å²) in [6, 6.07) is 13.8. The second kappa shape index (κ2) is 6.90. The van der Waals surface area contributed by atoms with Gasteiger partial charge in [0.1, 0.15) is 11.3 Å². The summed E-state index contributed by atoms with van der Waals surface area (Å²) in [6.45, 7) is 2.80. The molecule has 0 spiro atoms. The van der Waals surface area contributed by atoms with Gasteiger partial charge >= 0.3 is 0 Å². The molecule has 4 nitrogen and oxygen atoms in total. The zero-order valence-electron chi connectivity index (χ0n) is 14.0. The number of halogens is 1. The highest BCUT2D eigenvalue weighted by molar-refractivity contribution is 6.31. The molecular formula is C20H19ClN2O2. The molecule has 0 amide bonds. The maximum Gasteiger partial charge on any atom is 0.222 e. The van der Waals surface area contributed by atoms with Crippen LogP contribution in [-0.4, -0.2) is 30.1 Å². The molecule has 2 heterocycles. The Morgan fingerprint density at radius 3 is 2.76 bits per heavy atom. The normalized spacial score (nSPS) is 15.4. The van der Waals surface area contributed by atoms with Crippen molar-refractivity contribution in [3.05, 3.63) is 65.0 Å². The predicted molar refractivity (Wildman–Crippen MR) is 99.9 cm³/mol. The van der Waals surface area contributed by atoms with Crippen LogP contribution in [0, 0.1) is 0 Å². The van der Waals surface area contributed by atoms with Gasteiger partial charge in [0.15, 0.2) is 5.58 Å². The van der Waals surface area contributed by atoms with E-state index in [0.717, 1.165) is 42.9 Å². The number of aromatic nitrogens is 1. The van der Waals surface area contributed by atoms with Gasteiger partial charge in [0.25, 0.3) is 0 Å². The van der Waals surface area contributed by atoms with Gasteiger partial charge in [-0.1, -0.05) is 29.8 Å². The third kappa shape index (κ3) is 3.55. The Balaban J connectivity index is 1.45. The summed E-state index contributed by atoms with van der Waals surface area (Å²) in [5.41, 5.74) is 4.04. The van der Waals surface area contributed by atoms with Crippen LogP contribution in [-0.2, 0) is 6.54 Å². The van der Waals surface area contributed by atoms with Crippen molar-refractivity contribution in [1.29, 1.82) is 0 Å². The highest BCUT2D eigenvalue weighted by atomic mass is 35.5. The number of oxazole rings is 1. The number of benzene rings is 2. The molecule has 25 heavy (non-hydrogen) atoms. The second-order valence-electron chi connectivity index (χ2n) is 6.19. The molecule has 5 heteroatoms. The number of ether oxygens (including phenoxy) is 1. The molecule has 0 saturated heterocycles. The van der Waals surface area contributed by atoms with Gasteiger partial charge in [-0.05, 0) is 42.3 Å². The minimum Gasteiger partial charge on any atom is -0.497 e. The zero-order valence-corrected chi connectivity index (χ0v) is 14.8. The largest absolute Gasteiger partial charge is 0.497 e. The molecule has 2 aromatic carbocycles. The lowest BCUT2D eigenvalue weighted by Gasteiger charge is -2.25. The third-order valence-electron chi connectivity index (χ3n) is 4.48. The van der Waals surface area contributed by atoms with E-state index < -0.39 is 0 Å². The molecule has 0 N–H and O–H groups in total. The summed E-state index contributed by atoms with van der Waals surface area (Å²) in [4.78, 5) is 6.98. The molecule has 1 aliphatic rings. The molecule has 3 aromatic rings. The van der Waals surface area contributed by atoms with E-state index in [9.17, 15) is 0 Å². The highest BCUT2D eigenvalue weighted by Crippen LogP contribution is 2.27. The second-order valence-corrected chi connectivity index (χ2v) is 6.63. The first-order chi connectivity index (χ1) is 12.2. The van der Waals surface area contributed by atoms with E-state index >= 15 is 0 Å². The fourth-order valence-electron chi connectivity index (χ4n) is 3.08. The van der Waals surface area contributed by atoms with Crippen molar-refractivity contribution >= 4 is 28.3 Å². The average molecular weight is 355 g/mol. The van der Waals surface area contributed by atoms with Crippen LogP contribution in [0.4, 0.5) is 0 Å².